The second-order valence-corrected chi connectivity index (χ2v) is 9.18. The fraction of sp³-hybridized carbons (Fsp3) is 0.833. The third-order valence-electron chi connectivity index (χ3n) is 7.18. The topological polar surface area (TPSA) is 104 Å². The van der Waals surface area contributed by atoms with Crippen LogP contribution in [-0.4, -0.2) is 53.0 Å². The molecule has 0 heterocycles. The van der Waals surface area contributed by atoms with Gasteiger partial charge >= 0.3 is 5.97 Å². The van der Waals surface area contributed by atoms with Gasteiger partial charge in [0.25, 0.3) is 0 Å². The van der Waals surface area contributed by atoms with Crippen molar-refractivity contribution in [2.45, 2.75) is 95.7 Å². The Labute approximate surface area is 180 Å². The molecule has 172 valence electrons. The first-order chi connectivity index (χ1) is 14.4. The third-order valence-corrected chi connectivity index (χ3v) is 7.18. The summed E-state index contributed by atoms with van der Waals surface area (Å²) in [6.45, 7) is 0.183. The first-order valence-corrected chi connectivity index (χ1v) is 11.7. The van der Waals surface area contributed by atoms with Crippen LogP contribution in [0.3, 0.4) is 0 Å². The van der Waals surface area contributed by atoms with E-state index < -0.39 is 12.2 Å². The fourth-order valence-corrected chi connectivity index (χ4v) is 5.03. The second-order valence-electron chi connectivity index (χ2n) is 9.18. The summed E-state index contributed by atoms with van der Waals surface area (Å²) in [7, 11) is 1.39. The van der Waals surface area contributed by atoms with Gasteiger partial charge in [0, 0.05) is 31.3 Å². The predicted molar refractivity (Wildman–Crippen MR) is 115 cm³/mol. The fourth-order valence-electron chi connectivity index (χ4n) is 5.03. The normalized spacial score (nSPS) is 26.7. The number of methoxy groups -OCH3 is 1. The molecule has 0 spiro atoms. The minimum Gasteiger partial charge on any atom is -0.469 e. The van der Waals surface area contributed by atoms with Gasteiger partial charge in [-0.3, -0.25) is 9.59 Å². The van der Waals surface area contributed by atoms with Crippen molar-refractivity contribution in [3.8, 4) is 0 Å². The van der Waals surface area contributed by atoms with Crippen molar-refractivity contribution in [1.29, 1.82) is 0 Å². The van der Waals surface area contributed by atoms with E-state index in [9.17, 15) is 19.8 Å². The van der Waals surface area contributed by atoms with Crippen molar-refractivity contribution in [3.05, 3.63) is 12.2 Å². The van der Waals surface area contributed by atoms with Crippen LogP contribution < -0.4 is 0 Å². The Morgan fingerprint density at radius 2 is 1.93 bits per heavy atom. The van der Waals surface area contributed by atoms with E-state index in [4.69, 9.17) is 5.11 Å². The van der Waals surface area contributed by atoms with E-state index >= 15 is 0 Å². The largest absolute Gasteiger partial charge is 0.469 e. The molecule has 0 aliphatic heterocycles. The SMILES string of the molecule is COC(=O)CCCCCC[C@H]1C(=O)C[C@@H](O)[C@@H]1C=C[C@@H](O)C1(CCCCO)CCC1. The number of aliphatic hydroxyl groups excluding tert-OH is 3. The molecule has 2 aliphatic rings. The van der Waals surface area contributed by atoms with Crippen LogP contribution >= 0.6 is 0 Å². The molecule has 30 heavy (non-hydrogen) atoms. The lowest BCUT2D eigenvalue weighted by Crippen LogP contribution is -2.40. The van der Waals surface area contributed by atoms with Gasteiger partial charge < -0.3 is 20.1 Å². The lowest BCUT2D eigenvalue weighted by atomic mass is 9.62. The smallest absolute Gasteiger partial charge is 0.305 e. The second kappa shape index (κ2) is 12.6. The molecule has 0 aromatic rings. The van der Waals surface area contributed by atoms with E-state index in [1.165, 1.54) is 7.11 Å². The maximum absolute atomic E-state index is 12.4. The number of carbonyl (C=O) groups excluding carboxylic acids is 2. The summed E-state index contributed by atoms with van der Waals surface area (Å²) in [6, 6.07) is 0. The number of ketones is 1. The number of Topliss-reactive ketones (excluding diaryl/α,β-unsaturated/α-hetero) is 1. The zero-order valence-corrected chi connectivity index (χ0v) is 18.4. The number of hydrogen-bond donors (Lipinski definition) is 3. The molecule has 0 amide bonds. The molecule has 2 aliphatic carbocycles. The summed E-state index contributed by atoms with van der Waals surface area (Å²) in [5.74, 6) is -0.483. The van der Waals surface area contributed by atoms with E-state index in [1.54, 1.807) is 0 Å². The summed E-state index contributed by atoms with van der Waals surface area (Å²) >= 11 is 0. The van der Waals surface area contributed by atoms with Gasteiger partial charge in [-0.1, -0.05) is 44.3 Å². The van der Waals surface area contributed by atoms with Gasteiger partial charge in [-0.2, -0.15) is 0 Å². The van der Waals surface area contributed by atoms with E-state index in [2.05, 4.69) is 4.74 Å². The van der Waals surface area contributed by atoms with Crippen molar-refractivity contribution >= 4 is 11.8 Å². The highest BCUT2D eigenvalue weighted by molar-refractivity contribution is 5.84. The Morgan fingerprint density at radius 1 is 1.20 bits per heavy atom. The molecule has 0 radical (unpaired) electrons. The van der Waals surface area contributed by atoms with Crippen molar-refractivity contribution in [2.24, 2.45) is 17.3 Å². The number of unbranched alkanes of at least 4 members (excludes halogenated alkanes) is 4. The van der Waals surface area contributed by atoms with Crippen LogP contribution in [0, 0.1) is 17.3 Å². The van der Waals surface area contributed by atoms with E-state index in [0.717, 1.165) is 70.6 Å². The standard InChI is InChI=1S/C24H40O6/c1-30-23(29)10-5-3-2-4-9-18-19(21(27)17-20(18)26)11-12-22(28)24(14-8-15-24)13-6-7-16-25/h11-12,18-19,21-22,25,27-28H,2-10,13-17H2,1H3/t18-,19-,21-,22-/m1/s1. The Hall–Kier alpha value is -1.24. The summed E-state index contributed by atoms with van der Waals surface area (Å²) < 4.78 is 4.64. The monoisotopic (exact) mass is 424 g/mol. The van der Waals surface area contributed by atoms with Gasteiger partial charge in [0.2, 0.25) is 0 Å². The van der Waals surface area contributed by atoms with Crippen LogP contribution in [0.4, 0.5) is 0 Å². The van der Waals surface area contributed by atoms with E-state index in [-0.39, 0.29) is 42.0 Å². The Morgan fingerprint density at radius 3 is 2.57 bits per heavy atom. The molecule has 6 nitrogen and oxygen atoms in total. The molecule has 0 aromatic heterocycles. The van der Waals surface area contributed by atoms with Crippen molar-refractivity contribution in [1.82, 2.24) is 0 Å². The summed E-state index contributed by atoms with van der Waals surface area (Å²) in [6.07, 6.45) is 13.1. The van der Waals surface area contributed by atoms with Gasteiger partial charge in [0.05, 0.1) is 19.3 Å². The number of aliphatic hydroxyl groups is 3. The molecule has 4 atom stereocenters. The minimum atomic E-state index is -0.669. The molecule has 0 unspecified atom stereocenters. The number of ether oxygens (including phenoxy) is 1. The molecule has 0 saturated heterocycles. The van der Waals surface area contributed by atoms with E-state index in [0.29, 0.717) is 6.42 Å². The Bertz CT molecular complexity index is 568. The minimum absolute atomic E-state index is 0.103. The first kappa shape index (κ1) is 25.0. The molecule has 3 N–H and O–H groups in total. The number of carbonyl (C=O) groups is 2. The molecule has 0 bridgehead atoms. The van der Waals surface area contributed by atoms with Crippen LogP contribution in [0.1, 0.15) is 83.5 Å². The highest BCUT2D eigenvalue weighted by atomic mass is 16.5. The molecular weight excluding hydrogens is 384 g/mol. The number of rotatable bonds is 14. The molecule has 2 fully saturated rings. The van der Waals surface area contributed by atoms with Gasteiger partial charge in [-0.25, -0.2) is 0 Å². The maximum atomic E-state index is 12.4. The van der Waals surface area contributed by atoms with Gasteiger partial charge in [0.15, 0.2) is 0 Å². The van der Waals surface area contributed by atoms with Crippen molar-refractivity contribution < 1.29 is 29.6 Å². The van der Waals surface area contributed by atoms with Crippen LogP contribution in [0.25, 0.3) is 0 Å². The number of hydrogen-bond acceptors (Lipinski definition) is 6. The number of esters is 1. The molecule has 0 aromatic carbocycles. The van der Waals surface area contributed by atoms with Crippen molar-refractivity contribution in [2.75, 3.05) is 13.7 Å². The molecule has 2 rings (SSSR count). The Kier molecular flexibility index (Phi) is 10.5. The highest BCUT2D eigenvalue weighted by Crippen LogP contribution is 2.48. The van der Waals surface area contributed by atoms with Gasteiger partial charge in [0.1, 0.15) is 5.78 Å². The van der Waals surface area contributed by atoms with Gasteiger partial charge in [-0.15, -0.1) is 0 Å². The lowest BCUT2D eigenvalue weighted by molar-refractivity contribution is -0.140. The Balaban J connectivity index is 1.83. The quantitative estimate of drug-likeness (QED) is 0.224. The van der Waals surface area contributed by atoms with Crippen LogP contribution in [-0.2, 0) is 14.3 Å². The summed E-state index contributed by atoms with van der Waals surface area (Å²) in [4.78, 5) is 23.5. The zero-order chi connectivity index (χ0) is 22.0. The molecule has 2 saturated carbocycles. The zero-order valence-electron chi connectivity index (χ0n) is 18.4. The molecular formula is C24H40O6. The van der Waals surface area contributed by atoms with Crippen molar-refractivity contribution in [3.63, 3.8) is 0 Å². The highest BCUT2D eigenvalue weighted by Gasteiger charge is 2.43. The predicted octanol–water partition coefficient (Wildman–Crippen LogP) is 3.32. The van der Waals surface area contributed by atoms with Gasteiger partial charge in [-0.05, 0) is 43.9 Å². The average Bonchev–Trinajstić information content (AvgIpc) is 2.96. The summed E-state index contributed by atoms with van der Waals surface area (Å²) in [5.41, 5.74) is -0.103. The van der Waals surface area contributed by atoms with E-state index in [1.807, 2.05) is 12.2 Å². The third kappa shape index (κ3) is 6.89. The van der Waals surface area contributed by atoms with Crippen LogP contribution in [0.15, 0.2) is 12.2 Å². The molecule has 6 heteroatoms. The van der Waals surface area contributed by atoms with Crippen LogP contribution in [0.5, 0.6) is 0 Å². The van der Waals surface area contributed by atoms with Crippen LogP contribution in [0.2, 0.25) is 0 Å². The lowest BCUT2D eigenvalue weighted by Gasteiger charge is -2.45. The first-order valence-electron chi connectivity index (χ1n) is 11.7. The summed E-state index contributed by atoms with van der Waals surface area (Å²) in [5, 5.41) is 30.2. The maximum Gasteiger partial charge on any atom is 0.305 e. The average molecular weight is 425 g/mol.